The van der Waals surface area contributed by atoms with Crippen LogP contribution in [0.2, 0.25) is 5.02 Å². The fourth-order valence-electron chi connectivity index (χ4n) is 1.84. The van der Waals surface area contributed by atoms with Gasteiger partial charge in [-0.15, -0.1) is 0 Å². The molecule has 0 radical (unpaired) electrons. The van der Waals surface area contributed by atoms with Gasteiger partial charge in [-0.05, 0) is 45.8 Å². The predicted octanol–water partition coefficient (Wildman–Crippen LogP) is 3.98. The van der Waals surface area contributed by atoms with E-state index >= 15 is 0 Å². The van der Waals surface area contributed by atoms with Gasteiger partial charge in [0.1, 0.15) is 0 Å². The van der Waals surface area contributed by atoms with Crippen molar-refractivity contribution in [2.45, 2.75) is 6.42 Å². The average Bonchev–Trinajstić information content (AvgIpc) is 2.42. The van der Waals surface area contributed by atoms with E-state index in [1.807, 2.05) is 0 Å². The van der Waals surface area contributed by atoms with E-state index in [4.69, 9.17) is 16.7 Å². The largest absolute Gasteiger partial charge is 0.478 e. The lowest BCUT2D eigenvalue weighted by atomic mass is 10.0. The van der Waals surface area contributed by atoms with Crippen LogP contribution in [-0.4, -0.2) is 17.0 Å². The van der Waals surface area contributed by atoms with Crippen LogP contribution in [0.5, 0.6) is 0 Å². The van der Waals surface area contributed by atoms with Gasteiger partial charge >= 0.3 is 5.97 Å². The molecule has 2 aromatic rings. The molecule has 0 spiro atoms. The molecule has 1 amide bonds. The van der Waals surface area contributed by atoms with Crippen molar-refractivity contribution in [1.82, 2.24) is 0 Å². The molecule has 4 nitrogen and oxygen atoms in total. The number of nitrogens with one attached hydrogen (secondary N) is 1. The van der Waals surface area contributed by atoms with Gasteiger partial charge in [0, 0.05) is 9.50 Å². The van der Waals surface area contributed by atoms with E-state index in [0.29, 0.717) is 20.7 Å². The van der Waals surface area contributed by atoms with Crippen LogP contribution in [0.4, 0.5) is 5.69 Å². The number of hydrogen-bond acceptors (Lipinski definition) is 2. The zero-order chi connectivity index (χ0) is 15.4. The molecule has 0 atom stereocenters. The van der Waals surface area contributed by atoms with Crippen molar-refractivity contribution in [3.8, 4) is 0 Å². The summed E-state index contributed by atoms with van der Waals surface area (Å²) in [4.78, 5) is 23.1. The highest BCUT2D eigenvalue weighted by Crippen LogP contribution is 2.26. The van der Waals surface area contributed by atoms with Crippen LogP contribution in [0.15, 0.2) is 46.9 Å². The van der Waals surface area contributed by atoms with Crippen molar-refractivity contribution >= 4 is 45.1 Å². The number of carbonyl (C=O) groups excluding carboxylic acids is 1. The maximum atomic E-state index is 12.0. The average molecular weight is 369 g/mol. The third-order valence-corrected chi connectivity index (χ3v) is 3.70. The Balaban J connectivity index is 2.14. The first kappa shape index (κ1) is 15.5. The summed E-state index contributed by atoms with van der Waals surface area (Å²) in [5, 5.41) is 12.4. The molecule has 0 heterocycles. The zero-order valence-electron chi connectivity index (χ0n) is 10.8. The summed E-state index contributed by atoms with van der Waals surface area (Å²) in [6.45, 7) is 0. The Labute approximate surface area is 134 Å². The summed E-state index contributed by atoms with van der Waals surface area (Å²) in [6.07, 6.45) is -0.0163. The fourth-order valence-corrected chi connectivity index (χ4v) is 2.62. The third-order valence-electron chi connectivity index (χ3n) is 2.80. The molecule has 0 aliphatic heterocycles. The van der Waals surface area contributed by atoms with Crippen LogP contribution >= 0.6 is 27.5 Å². The molecule has 2 N–H and O–H groups in total. The van der Waals surface area contributed by atoms with E-state index < -0.39 is 5.97 Å². The van der Waals surface area contributed by atoms with Crippen LogP contribution in [0.25, 0.3) is 0 Å². The molecule has 0 aliphatic carbocycles. The predicted molar refractivity (Wildman–Crippen MR) is 84.9 cm³/mol. The van der Waals surface area contributed by atoms with Gasteiger partial charge in [-0.2, -0.15) is 0 Å². The molecule has 0 bridgehead atoms. The second-order valence-electron chi connectivity index (χ2n) is 4.31. The number of rotatable bonds is 4. The number of carboxylic acid groups (broad SMARTS) is 1. The van der Waals surface area contributed by atoms with Crippen LogP contribution in [0.3, 0.4) is 0 Å². The van der Waals surface area contributed by atoms with E-state index in [2.05, 4.69) is 21.2 Å². The molecular weight excluding hydrogens is 358 g/mol. The summed E-state index contributed by atoms with van der Waals surface area (Å²) in [6, 6.07) is 11.4. The Kier molecular flexibility index (Phi) is 4.98. The van der Waals surface area contributed by atoms with Gasteiger partial charge in [-0.3, -0.25) is 4.79 Å². The molecule has 0 fully saturated rings. The zero-order valence-corrected chi connectivity index (χ0v) is 13.1. The molecule has 6 heteroatoms. The van der Waals surface area contributed by atoms with Crippen molar-refractivity contribution in [3.63, 3.8) is 0 Å². The molecule has 0 aromatic heterocycles. The van der Waals surface area contributed by atoms with Gasteiger partial charge in [0.2, 0.25) is 5.91 Å². The van der Waals surface area contributed by atoms with Crippen molar-refractivity contribution in [2.24, 2.45) is 0 Å². The number of benzene rings is 2. The fraction of sp³-hybridized carbons (Fsp3) is 0.0667. The highest BCUT2D eigenvalue weighted by atomic mass is 79.9. The van der Waals surface area contributed by atoms with Gasteiger partial charge in [-0.25, -0.2) is 4.79 Å². The molecule has 0 aliphatic rings. The molecule has 2 rings (SSSR count). The second-order valence-corrected chi connectivity index (χ2v) is 5.60. The van der Waals surface area contributed by atoms with E-state index in [1.165, 1.54) is 6.07 Å². The van der Waals surface area contributed by atoms with Gasteiger partial charge < -0.3 is 10.4 Å². The van der Waals surface area contributed by atoms with E-state index in [9.17, 15) is 9.59 Å². The number of halogens is 2. The Morgan fingerprint density at radius 3 is 2.57 bits per heavy atom. The Morgan fingerprint density at radius 2 is 1.90 bits per heavy atom. The minimum atomic E-state index is -1.05. The maximum Gasteiger partial charge on any atom is 0.335 e. The van der Waals surface area contributed by atoms with Gasteiger partial charge in [0.05, 0.1) is 17.7 Å². The van der Waals surface area contributed by atoms with Gasteiger partial charge in [0.15, 0.2) is 0 Å². The van der Waals surface area contributed by atoms with Crippen LogP contribution in [0.1, 0.15) is 15.9 Å². The number of aromatic carboxylic acids is 1. The summed E-state index contributed by atoms with van der Waals surface area (Å²) in [5.41, 5.74) is 1.17. The topological polar surface area (TPSA) is 66.4 Å². The molecule has 21 heavy (non-hydrogen) atoms. The molecular formula is C15H11BrClNO3. The first-order valence-corrected chi connectivity index (χ1v) is 7.20. The van der Waals surface area contributed by atoms with Gasteiger partial charge in [0.25, 0.3) is 0 Å². The number of amides is 1. The second kappa shape index (κ2) is 6.74. The van der Waals surface area contributed by atoms with Crippen LogP contribution in [0, 0.1) is 0 Å². The summed E-state index contributed by atoms with van der Waals surface area (Å²) >= 11 is 9.14. The SMILES string of the molecule is O=C(Cc1ccccc1C(=O)O)Nc1ccc(Cl)cc1Br. The van der Waals surface area contributed by atoms with Crippen molar-refractivity contribution in [2.75, 3.05) is 5.32 Å². The van der Waals surface area contributed by atoms with Crippen molar-refractivity contribution in [3.05, 3.63) is 63.1 Å². The summed E-state index contributed by atoms with van der Waals surface area (Å²) in [7, 11) is 0. The van der Waals surface area contributed by atoms with Crippen LogP contribution < -0.4 is 5.32 Å². The number of carbonyl (C=O) groups is 2. The first-order chi connectivity index (χ1) is 9.97. The van der Waals surface area contributed by atoms with Gasteiger partial charge in [-0.1, -0.05) is 29.8 Å². The number of anilines is 1. The van der Waals surface area contributed by atoms with Crippen molar-refractivity contribution in [1.29, 1.82) is 0 Å². The van der Waals surface area contributed by atoms with E-state index in [1.54, 1.807) is 36.4 Å². The first-order valence-electron chi connectivity index (χ1n) is 6.03. The molecule has 108 valence electrons. The quantitative estimate of drug-likeness (QED) is 0.858. The summed E-state index contributed by atoms with van der Waals surface area (Å²) < 4.78 is 0.662. The Hall–Kier alpha value is -1.85. The van der Waals surface area contributed by atoms with E-state index in [0.717, 1.165) is 0 Å². The van der Waals surface area contributed by atoms with Crippen molar-refractivity contribution < 1.29 is 14.7 Å². The minimum absolute atomic E-state index is 0.0163. The lowest BCUT2D eigenvalue weighted by Crippen LogP contribution is -2.16. The third kappa shape index (κ3) is 4.06. The maximum absolute atomic E-state index is 12.0. The Morgan fingerprint density at radius 1 is 1.19 bits per heavy atom. The van der Waals surface area contributed by atoms with E-state index in [-0.39, 0.29) is 17.9 Å². The summed E-state index contributed by atoms with van der Waals surface area (Å²) in [5.74, 6) is -1.35. The highest BCUT2D eigenvalue weighted by molar-refractivity contribution is 9.10. The normalized spacial score (nSPS) is 10.2. The standard InChI is InChI=1S/C15H11BrClNO3/c16-12-8-10(17)5-6-13(12)18-14(19)7-9-3-1-2-4-11(9)15(20)21/h1-6,8H,7H2,(H,18,19)(H,20,21). The van der Waals surface area contributed by atoms with Crippen LogP contribution in [-0.2, 0) is 11.2 Å². The lowest BCUT2D eigenvalue weighted by Gasteiger charge is -2.09. The molecule has 0 saturated heterocycles. The highest BCUT2D eigenvalue weighted by Gasteiger charge is 2.13. The monoisotopic (exact) mass is 367 g/mol. The Bertz CT molecular complexity index is 703. The molecule has 0 saturated carbocycles. The molecule has 2 aromatic carbocycles. The number of carboxylic acids is 1. The smallest absolute Gasteiger partial charge is 0.335 e. The lowest BCUT2D eigenvalue weighted by molar-refractivity contribution is -0.115. The number of hydrogen-bond donors (Lipinski definition) is 2. The molecule has 0 unspecified atom stereocenters. The minimum Gasteiger partial charge on any atom is -0.478 e.